The number of carboxylic acids is 2. The van der Waals surface area contributed by atoms with E-state index in [1.807, 2.05) is 6.07 Å². The smallest absolute Gasteiger partial charge is 0.335 e. The minimum Gasteiger partial charge on any atom is -0.481 e. The first-order chi connectivity index (χ1) is 9.04. The predicted octanol–water partition coefficient (Wildman–Crippen LogP) is 2.06. The molecule has 0 saturated heterocycles. The van der Waals surface area contributed by atoms with Crippen LogP contribution in [0.2, 0.25) is 0 Å². The number of thiazole rings is 1. The van der Waals surface area contributed by atoms with Gasteiger partial charge in [0, 0.05) is 11.8 Å². The van der Waals surface area contributed by atoms with E-state index >= 15 is 0 Å². The van der Waals surface area contributed by atoms with Crippen LogP contribution in [0.5, 0.6) is 0 Å². The van der Waals surface area contributed by atoms with E-state index in [2.05, 4.69) is 4.98 Å². The summed E-state index contributed by atoms with van der Waals surface area (Å²) < 4.78 is 0. The van der Waals surface area contributed by atoms with E-state index in [1.54, 1.807) is 17.5 Å². The Morgan fingerprint density at radius 3 is 2.74 bits per heavy atom. The van der Waals surface area contributed by atoms with Crippen LogP contribution in [0, 0.1) is 0 Å². The fourth-order valence-electron chi connectivity index (χ4n) is 1.66. The number of hydrogen-bond acceptors (Lipinski definition) is 4. The monoisotopic (exact) mass is 277 g/mol. The van der Waals surface area contributed by atoms with Gasteiger partial charge in [0.2, 0.25) is 0 Å². The molecule has 0 fully saturated rings. The van der Waals surface area contributed by atoms with Crippen LogP contribution in [0.3, 0.4) is 0 Å². The van der Waals surface area contributed by atoms with Gasteiger partial charge in [-0.15, -0.1) is 11.3 Å². The van der Waals surface area contributed by atoms with E-state index in [9.17, 15) is 9.59 Å². The van der Waals surface area contributed by atoms with Crippen molar-refractivity contribution in [3.8, 4) is 0 Å². The fourth-order valence-corrected chi connectivity index (χ4v) is 2.48. The first-order valence-electron chi connectivity index (χ1n) is 5.52. The summed E-state index contributed by atoms with van der Waals surface area (Å²) in [5.74, 6) is -1.88. The summed E-state index contributed by atoms with van der Waals surface area (Å²) in [6.45, 7) is 0. The van der Waals surface area contributed by atoms with Gasteiger partial charge in [0.25, 0.3) is 0 Å². The third-order valence-electron chi connectivity index (χ3n) is 2.46. The molecule has 2 rings (SSSR count). The number of hydrogen-bond donors (Lipinski definition) is 2. The lowest BCUT2D eigenvalue weighted by molar-refractivity contribution is -0.136. The summed E-state index contributed by atoms with van der Waals surface area (Å²) in [5.41, 5.74) is 1.61. The van der Waals surface area contributed by atoms with Crippen LogP contribution >= 0.6 is 11.3 Å². The first kappa shape index (κ1) is 13.2. The van der Waals surface area contributed by atoms with Gasteiger partial charge in [0.1, 0.15) is 0 Å². The molecule has 0 unspecified atom stereocenters. The van der Waals surface area contributed by atoms with Crippen molar-refractivity contribution >= 4 is 23.3 Å². The van der Waals surface area contributed by atoms with Crippen LogP contribution < -0.4 is 0 Å². The molecule has 98 valence electrons. The molecule has 0 aliphatic rings. The highest BCUT2D eigenvalue weighted by molar-refractivity contribution is 7.09. The number of nitrogens with zero attached hydrogens (tertiary/aromatic N) is 1. The van der Waals surface area contributed by atoms with Crippen molar-refractivity contribution in [2.45, 2.75) is 12.8 Å². The summed E-state index contributed by atoms with van der Waals surface area (Å²) >= 11 is 1.38. The molecule has 0 atom stereocenters. The Labute approximate surface area is 113 Å². The second-order valence-electron chi connectivity index (χ2n) is 3.99. The third-order valence-corrected chi connectivity index (χ3v) is 3.36. The Kier molecular flexibility index (Phi) is 3.91. The molecule has 0 spiro atoms. The second kappa shape index (κ2) is 5.62. The lowest BCUT2D eigenvalue weighted by Crippen LogP contribution is -2.01. The van der Waals surface area contributed by atoms with Gasteiger partial charge < -0.3 is 10.2 Å². The van der Waals surface area contributed by atoms with E-state index in [0.717, 1.165) is 10.6 Å². The zero-order chi connectivity index (χ0) is 13.8. The van der Waals surface area contributed by atoms with E-state index in [0.29, 0.717) is 12.1 Å². The maximum Gasteiger partial charge on any atom is 0.335 e. The van der Waals surface area contributed by atoms with Gasteiger partial charge in [-0.05, 0) is 17.7 Å². The average Bonchev–Trinajstić information content (AvgIpc) is 2.76. The van der Waals surface area contributed by atoms with E-state index in [4.69, 9.17) is 10.2 Å². The van der Waals surface area contributed by atoms with Gasteiger partial charge in [0.05, 0.1) is 22.7 Å². The fraction of sp³-hybridized carbons (Fsp3) is 0.154. The third kappa shape index (κ3) is 3.62. The largest absolute Gasteiger partial charge is 0.481 e. The molecule has 0 aliphatic heterocycles. The Balaban J connectivity index is 2.12. The van der Waals surface area contributed by atoms with E-state index in [-0.39, 0.29) is 12.0 Å². The lowest BCUT2D eigenvalue weighted by atomic mass is 10.1. The molecule has 1 aromatic heterocycles. The van der Waals surface area contributed by atoms with Gasteiger partial charge in [-0.2, -0.15) is 0 Å². The minimum absolute atomic E-state index is 0.0916. The predicted molar refractivity (Wildman–Crippen MR) is 69.7 cm³/mol. The number of benzene rings is 1. The Morgan fingerprint density at radius 1 is 1.26 bits per heavy atom. The number of aromatic carboxylic acids is 1. The normalized spacial score (nSPS) is 10.3. The lowest BCUT2D eigenvalue weighted by Gasteiger charge is -2.00. The molecule has 0 aliphatic carbocycles. The topological polar surface area (TPSA) is 87.5 Å². The summed E-state index contributed by atoms with van der Waals surface area (Å²) in [7, 11) is 0. The Bertz CT molecular complexity index is 621. The number of aliphatic carboxylic acids is 1. The number of rotatable bonds is 5. The van der Waals surface area contributed by atoms with Gasteiger partial charge in [0.15, 0.2) is 0 Å². The van der Waals surface area contributed by atoms with Crippen molar-refractivity contribution in [3.63, 3.8) is 0 Å². The molecule has 19 heavy (non-hydrogen) atoms. The van der Waals surface area contributed by atoms with Crippen molar-refractivity contribution in [3.05, 3.63) is 51.5 Å². The van der Waals surface area contributed by atoms with E-state index in [1.165, 1.54) is 17.4 Å². The van der Waals surface area contributed by atoms with Gasteiger partial charge in [-0.25, -0.2) is 9.78 Å². The molecule has 1 heterocycles. The van der Waals surface area contributed by atoms with Crippen LogP contribution in [0.15, 0.2) is 29.6 Å². The maximum absolute atomic E-state index is 10.9. The van der Waals surface area contributed by atoms with Crippen LogP contribution in [0.1, 0.15) is 26.6 Å². The first-order valence-corrected chi connectivity index (χ1v) is 6.40. The molecule has 2 N–H and O–H groups in total. The zero-order valence-electron chi connectivity index (χ0n) is 9.87. The molecular weight excluding hydrogens is 266 g/mol. The summed E-state index contributed by atoms with van der Waals surface area (Å²) in [5, 5.41) is 20.1. The van der Waals surface area contributed by atoms with Crippen molar-refractivity contribution in [1.29, 1.82) is 0 Å². The van der Waals surface area contributed by atoms with Crippen LogP contribution in [0.25, 0.3) is 0 Å². The zero-order valence-corrected chi connectivity index (χ0v) is 10.7. The SMILES string of the molecule is O=C(O)Cc1csc(Cc2cccc(C(=O)O)c2)n1. The minimum atomic E-state index is -0.965. The number of aromatic nitrogens is 1. The standard InChI is InChI=1S/C13H11NO4S/c15-12(16)6-10-7-19-11(14-10)5-8-2-1-3-9(4-8)13(17)18/h1-4,7H,5-6H2,(H,15,16)(H,17,18). The van der Waals surface area contributed by atoms with Crippen molar-refractivity contribution in [2.75, 3.05) is 0 Å². The molecule has 0 amide bonds. The number of carbonyl (C=O) groups is 2. The van der Waals surface area contributed by atoms with Crippen LogP contribution in [-0.4, -0.2) is 27.1 Å². The highest BCUT2D eigenvalue weighted by atomic mass is 32.1. The van der Waals surface area contributed by atoms with Crippen molar-refractivity contribution in [1.82, 2.24) is 4.98 Å². The Morgan fingerprint density at radius 2 is 2.05 bits per heavy atom. The second-order valence-corrected chi connectivity index (χ2v) is 4.93. The molecule has 0 radical (unpaired) electrons. The van der Waals surface area contributed by atoms with Crippen LogP contribution in [-0.2, 0) is 17.6 Å². The van der Waals surface area contributed by atoms with E-state index < -0.39 is 11.9 Å². The molecular formula is C13H11NO4S. The summed E-state index contributed by atoms with van der Waals surface area (Å²) in [6, 6.07) is 6.64. The molecule has 1 aromatic carbocycles. The van der Waals surface area contributed by atoms with Crippen LogP contribution in [0.4, 0.5) is 0 Å². The summed E-state index contributed by atoms with van der Waals surface area (Å²) in [4.78, 5) is 25.6. The molecule has 0 saturated carbocycles. The Hall–Kier alpha value is -2.21. The number of carboxylic acid groups (broad SMARTS) is 2. The van der Waals surface area contributed by atoms with Gasteiger partial charge in [-0.1, -0.05) is 12.1 Å². The van der Waals surface area contributed by atoms with Gasteiger partial charge in [-0.3, -0.25) is 4.79 Å². The molecule has 2 aromatic rings. The van der Waals surface area contributed by atoms with Crippen molar-refractivity contribution < 1.29 is 19.8 Å². The quantitative estimate of drug-likeness (QED) is 0.873. The molecule has 5 nitrogen and oxygen atoms in total. The maximum atomic E-state index is 10.9. The molecule has 6 heteroatoms. The summed E-state index contributed by atoms with van der Waals surface area (Å²) in [6.07, 6.45) is 0.414. The van der Waals surface area contributed by atoms with Crippen molar-refractivity contribution in [2.24, 2.45) is 0 Å². The highest BCUT2D eigenvalue weighted by Gasteiger charge is 2.08. The molecule has 0 bridgehead atoms. The highest BCUT2D eigenvalue weighted by Crippen LogP contribution is 2.16. The average molecular weight is 277 g/mol. The van der Waals surface area contributed by atoms with Gasteiger partial charge >= 0.3 is 11.9 Å².